The third-order valence-corrected chi connectivity index (χ3v) is 3.22. The van der Waals surface area contributed by atoms with Crippen LogP contribution in [0.4, 0.5) is 5.69 Å². The molecule has 0 saturated carbocycles. The Balaban J connectivity index is 2.41. The van der Waals surface area contributed by atoms with E-state index in [9.17, 15) is 0 Å². The lowest BCUT2D eigenvalue weighted by Crippen LogP contribution is -2.30. The summed E-state index contributed by atoms with van der Waals surface area (Å²) in [7, 11) is 0. The molecule has 2 heteroatoms. The maximum atomic E-state index is 3.56. The highest BCUT2D eigenvalue weighted by Gasteiger charge is 2.03. The molecule has 0 atom stereocenters. The normalized spacial score (nSPS) is 10.9. The van der Waals surface area contributed by atoms with Crippen LogP contribution in [0.1, 0.15) is 37.8 Å². The topological polar surface area (TPSA) is 15.3 Å². The first-order valence-corrected chi connectivity index (χ1v) is 7.20. The smallest absolute Gasteiger partial charge is 0.0372 e. The summed E-state index contributed by atoms with van der Waals surface area (Å²) in [5.41, 5.74) is 3.93. The van der Waals surface area contributed by atoms with Crippen molar-refractivity contribution in [2.24, 2.45) is 0 Å². The van der Waals surface area contributed by atoms with Crippen LogP contribution in [-0.2, 0) is 0 Å². The predicted molar refractivity (Wildman–Crippen MR) is 81.4 cm³/mol. The first kappa shape index (κ1) is 15.0. The zero-order chi connectivity index (χ0) is 13.4. The number of nitrogens with zero attached hydrogens (tertiary/aromatic N) is 1. The SMILES string of the molecule is CCCN(CCC)CCNc1cc(C)ccc1C. The monoisotopic (exact) mass is 248 g/mol. The van der Waals surface area contributed by atoms with Crippen LogP contribution >= 0.6 is 0 Å². The van der Waals surface area contributed by atoms with Gasteiger partial charge in [0.1, 0.15) is 0 Å². The number of hydrogen-bond acceptors (Lipinski definition) is 2. The van der Waals surface area contributed by atoms with Gasteiger partial charge in [0.25, 0.3) is 0 Å². The summed E-state index contributed by atoms with van der Waals surface area (Å²) in [6, 6.07) is 6.59. The molecule has 0 amide bonds. The highest BCUT2D eigenvalue weighted by Crippen LogP contribution is 2.15. The maximum Gasteiger partial charge on any atom is 0.0372 e. The fourth-order valence-corrected chi connectivity index (χ4v) is 2.24. The van der Waals surface area contributed by atoms with Gasteiger partial charge >= 0.3 is 0 Å². The highest BCUT2D eigenvalue weighted by atomic mass is 15.1. The van der Waals surface area contributed by atoms with Crippen LogP contribution in [0.2, 0.25) is 0 Å². The van der Waals surface area contributed by atoms with E-state index in [2.05, 4.69) is 56.1 Å². The summed E-state index contributed by atoms with van der Waals surface area (Å²) in [5, 5.41) is 3.56. The van der Waals surface area contributed by atoms with E-state index in [4.69, 9.17) is 0 Å². The molecule has 18 heavy (non-hydrogen) atoms. The van der Waals surface area contributed by atoms with Crippen molar-refractivity contribution in [1.29, 1.82) is 0 Å². The molecule has 2 nitrogen and oxygen atoms in total. The molecule has 1 aromatic rings. The molecule has 0 heterocycles. The third-order valence-electron chi connectivity index (χ3n) is 3.22. The van der Waals surface area contributed by atoms with Gasteiger partial charge in [0, 0.05) is 18.8 Å². The van der Waals surface area contributed by atoms with Gasteiger partial charge in [-0.05, 0) is 57.0 Å². The number of anilines is 1. The van der Waals surface area contributed by atoms with Gasteiger partial charge in [0.05, 0.1) is 0 Å². The van der Waals surface area contributed by atoms with E-state index in [-0.39, 0.29) is 0 Å². The molecule has 0 aliphatic heterocycles. The molecule has 0 aliphatic carbocycles. The first-order chi connectivity index (χ1) is 8.67. The lowest BCUT2D eigenvalue weighted by Gasteiger charge is -2.21. The summed E-state index contributed by atoms with van der Waals surface area (Å²) in [6.45, 7) is 13.4. The van der Waals surface area contributed by atoms with Gasteiger partial charge in [-0.2, -0.15) is 0 Å². The van der Waals surface area contributed by atoms with Crippen LogP contribution in [0, 0.1) is 13.8 Å². The van der Waals surface area contributed by atoms with Crippen LogP contribution in [0.15, 0.2) is 18.2 Å². The largest absolute Gasteiger partial charge is 0.384 e. The first-order valence-electron chi connectivity index (χ1n) is 7.20. The van der Waals surface area contributed by atoms with Gasteiger partial charge < -0.3 is 10.2 Å². The molecule has 0 spiro atoms. The molecule has 0 aliphatic rings. The van der Waals surface area contributed by atoms with Gasteiger partial charge in [-0.25, -0.2) is 0 Å². The van der Waals surface area contributed by atoms with Crippen LogP contribution in [0.3, 0.4) is 0 Å². The summed E-state index contributed by atoms with van der Waals surface area (Å²) in [5.74, 6) is 0. The number of hydrogen-bond donors (Lipinski definition) is 1. The van der Waals surface area contributed by atoms with Crippen LogP contribution < -0.4 is 5.32 Å². The Morgan fingerprint density at radius 1 is 1.00 bits per heavy atom. The Morgan fingerprint density at radius 2 is 1.67 bits per heavy atom. The minimum absolute atomic E-state index is 1.03. The Bertz CT molecular complexity index is 341. The van der Waals surface area contributed by atoms with Crippen LogP contribution in [-0.4, -0.2) is 31.1 Å². The standard InChI is InChI=1S/C16H28N2/c1-5-10-18(11-6-2)12-9-17-16-13-14(3)7-8-15(16)4/h7-8,13,17H,5-6,9-12H2,1-4H3. The second kappa shape index (κ2) is 8.15. The van der Waals surface area contributed by atoms with E-state index < -0.39 is 0 Å². The Hall–Kier alpha value is -1.02. The van der Waals surface area contributed by atoms with Crippen molar-refractivity contribution in [2.75, 3.05) is 31.5 Å². The molecule has 1 N–H and O–H groups in total. The minimum atomic E-state index is 1.03. The Labute approximate surface area is 112 Å². The van der Waals surface area contributed by atoms with Crippen LogP contribution in [0.25, 0.3) is 0 Å². The maximum absolute atomic E-state index is 3.56. The fraction of sp³-hybridized carbons (Fsp3) is 0.625. The van der Waals surface area contributed by atoms with Crippen molar-refractivity contribution in [3.05, 3.63) is 29.3 Å². The van der Waals surface area contributed by atoms with Gasteiger partial charge in [0.2, 0.25) is 0 Å². The second-order valence-electron chi connectivity index (χ2n) is 5.09. The van der Waals surface area contributed by atoms with E-state index >= 15 is 0 Å². The summed E-state index contributed by atoms with van der Waals surface area (Å²) in [6.07, 6.45) is 2.48. The summed E-state index contributed by atoms with van der Waals surface area (Å²) in [4.78, 5) is 2.54. The van der Waals surface area contributed by atoms with E-state index in [0.29, 0.717) is 0 Å². The number of aryl methyl sites for hydroxylation is 2. The zero-order valence-electron chi connectivity index (χ0n) is 12.4. The van der Waals surface area contributed by atoms with Gasteiger partial charge in [-0.15, -0.1) is 0 Å². The Morgan fingerprint density at radius 3 is 2.28 bits per heavy atom. The van der Waals surface area contributed by atoms with E-state index in [0.717, 1.165) is 13.1 Å². The van der Waals surface area contributed by atoms with Crippen LogP contribution in [0.5, 0.6) is 0 Å². The van der Waals surface area contributed by atoms with Gasteiger partial charge in [-0.1, -0.05) is 26.0 Å². The average Bonchev–Trinajstić information content (AvgIpc) is 2.34. The van der Waals surface area contributed by atoms with E-state index in [1.165, 1.54) is 42.7 Å². The second-order valence-corrected chi connectivity index (χ2v) is 5.09. The van der Waals surface area contributed by atoms with Crippen molar-refractivity contribution in [2.45, 2.75) is 40.5 Å². The van der Waals surface area contributed by atoms with Crippen molar-refractivity contribution in [3.8, 4) is 0 Å². The number of nitrogens with one attached hydrogen (secondary N) is 1. The van der Waals surface area contributed by atoms with Gasteiger partial charge in [0.15, 0.2) is 0 Å². The molecular formula is C16H28N2. The molecule has 102 valence electrons. The van der Waals surface area contributed by atoms with Crippen molar-refractivity contribution in [3.63, 3.8) is 0 Å². The predicted octanol–water partition coefficient (Wildman–Crippen LogP) is 3.84. The highest BCUT2D eigenvalue weighted by molar-refractivity contribution is 5.52. The quantitative estimate of drug-likeness (QED) is 0.752. The lowest BCUT2D eigenvalue weighted by molar-refractivity contribution is 0.285. The summed E-state index contributed by atoms with van der Waals surface area (Å²) < 4.78 is 0. The molecule has 1 aromatic carbocycles. The molecule has 0 radical (unpaired) electrons. The molecule has 0 fully saturated rings. The minimum Gasteiger partial charge on any atom is -0.384 e. The summed E-state index contributed by atoms with van der Waals surface area (Å²) >= 11 is 0. The van der Waals surface area contributed by atoms with Crippen molar-refractivity contribution >= 4 is 5.69 Å². The zero-order valence-corrected chi connectivity index (χ0v) is 12.4. The Kier molecular flexibility index (Phi) is 6.81. The molecule has 0 bridgehead atoms. The fourth-order valence-electron chi connectivity index (χ4n) is 2.24. The van der Waals surface area contributed by atoms with E-state index in [1.807, 2.05) is 0 Å². The number of benzene rings is 1. The third kappa shape index (κ3) is 5.09. The molecule has 0 aromatic heterocycles. The lowest BCUT2D eigenvalue weighted by atomic mass is 10.1. The van der Waals surface area contributed by atoms with E-state index in [1.54, 1.807) is 0 Å². The van der Waals surface area contributed by atoms with Crippen molar-refractivity contribution in [1.82, 2.24) is 4.90 Å². The molecule has 0 saturated heterocycles. The van der Waals surface area contributed by atoms with Gasteiger partial charge in [-0.3, -0.25) is 0 Å². The number of rotatable bonds is 8. The molecule has 0 unspecified atom stereocenters. The van der Waals surface area contributed by atoms with Crippen molar-refractivity contribution < 1.29 is 0 Å². The average molecular weight is 248 g/mol. The molecule has 1 rings (SSSR count). The molecular weight excluding hydrogens is 220 g/mol.